The molecule has 0 unspecified atom stereocenters. The molecule has 1 fully saturated rings. The number of ether oxygens (including phenoxy) is 1. The van der Waals surface area contributed by atoms with Gasteiger partial charge in [-0.1, -0.05) is 25.1 Å². The molecule has 0 aliphatic carbocycles. The third kappa shape index (κ3) is 3.85. The minimum absolute atomic E-state index is 0.402. The lowest BCUT2D eigenvalue weighted by atomic mass is 10.0. The van der Waals surface area contributed by atoms with Crippen LogP contribution in [0.4, 0.5) is 5.95 Å². The van der Waals surface area contributed by atoms with E-state index in [1.807, 2.05) is 24.5 Å². The number of nitrogens with zero attached hydrogens (tertiary/aromatic N) is 3. The maximum Gasteiger partial charge on any atom is 0.222 e. The van der Waals surface area contributed by atoms with Gasteiger partial charge in [-0.05, 0) is 31.9 Å². The van der Waals surface area contributed by atoms with Crippen LogP contribution in [-0.4, -0.2) is 35.1 Å². The highest BCUT2D eigenvalue weighted by Crippen LogP contribution is 2.37. The molecule has 5 heteroatoms. The van der Waals surface area contributed by atoms with Crippen LogP contribution in [0.5, 0.6) is 5.75 Å². The molecule has 2 aromatic rings. The predicted molar refractivity (Wildman–Crippen MR) is 96.2 cm³/mol. The Hall–Kier alpha value is -2.14. The molecule has 128 valence electrons. The average Bonchev–Trinajstić information content (AvgIpc) is 3.09. The number of para-hydroxylation sites is 1. The summed E-state index contributed by atoms with van der Waals surface area (Å²) in [4.78, 5) is 11.3. The van der Waals surface area contributed by atoms with E-state index in [2.05, 4.69) is 39.2 Å². The summed E-state index contributed by atoms with van der Waals surface area (Å²) in [7, 11) is 1.74. The van der Waals surface area contributed by atoms with Gasteiger partial charge in [0.2, 0.25) is 5.95 Å². The van der Waals surface area contributed by atoms with Crippen molar-refractivity contribution in [2.24, 2.45) is 0 Å². The Labute approximate surface area is 144 Å². The highest BCUT2D eigenvalue weighted by molar-refractivity contribution is 5.36. The highest BCUT2D eigenvalue weighted by atomic mass is 16.5. The number of hydrogen-bond donors (Lipinski definition) is 1. The largest absolute Gasteiger partial charge is 0.496 e. The normalized spacial score (nSPS) is 17.8. The molecule has 0 spiro atoms. The van der Waals surface area contributed by atoms with E-state index in [-0.39, 0.29) is 0 Å². The van der Waals surface area contributed by atoms with Crippen LogP contribution < -0.4 is 10.1 Å². The van der Waals surface area contributed by atoms with E-state index in [0.717, 1.165) is 43.8 Å². The first-order chi connectivity index (χ1) is 11.8. The lowest BCUT2D eigenvalue weighted by Crippen LogP contribution is -2.23. The summed E-state index contributed by atoms with van der Waals surface area (Å²) in [6, 6.07) is 8.74. The van der Waals surface area contributed by atoms with Crippen LogP contribution in [0.2, 0.25) is 0 Å². The number of likely N-dealkylation sites (tertiary alicyclic amines) is 1. The molecule has 0 bridgehead atoms. The van der Waals surface area contributed by atoms with Crippen LogP contribution in [0, 0.1) is 0 Å². The molecule has 2 heterocycles. The van der Waals surface area contributed by atoms with Gasteiger partial charge < -0.3 is 10.1 Å². The molecule has 3 rings (SSSR count). The van der Waals surface area contributed by atoms with Crippen LogP contribution in [-0.2, 0) is 6.54 Å². The van der Waals surface area contributed by atoms with Crippen molar-refractivity contribution >= 4 is 5.95 Å². The van der Waals surface area contributed by atoms with Gasteiger partial charge in [-0.3, -0.25) is 4.90 Å². The molecule has 1 aliphatic rings. The van der Waals surface area contributed by atoms with Crippen molar-refractivity contribution in [2.75, 3.05) is 25.5 Å². The number of anilines is 1. The second kappa shape index (κ2) is 8.11. The fourth-order valence-electron chi connectivity index (χ4n) is 3.31. The van der Waals surface area contributed by atoms with E-state index in [9.17, 15) is 0 Å². The van der Waals surface area contributed by atoms with Crippen molar-refractivity contribution in [2.45, 2.75) is 38.8 Å². The van der Waals surface area contributed by atoms with Gasteiger partial charge in [0.15, 0.2) is 0 Å². The minimum atomic E-state index is 0.402. The smallest absolute Gasteiger partial charge is 0.222 e. The zero-order valence-electron chi connectivity index (χ0n) is 14.5. The Balaban J connectivity index is 1.70. The fraction of sp³-hybridized carbons (Fsp3) is 0.474. The number of nitrogens with one attached hydrogen (secondary N) is 1. The average molecular weight is 326 g/mol. The van der Waals surface area contributed by atoms with Gasteiger partial charge >= 0.3 is 0 Å². The zero-order valence-corrected chi connectivity index (χ0v) is 14.5. The van der Waals surface area contributed by atoms with Crippen LogP contribution in [0.1, 0.15) is 43.4 Å². The van der Waals surface area contributed by atoms with Gasteiger partial charge in [-0.2, -0.15) is 0 Å². The van der Waals surface area contributed by atoms with Gasteiger partial charge in [0.05, 0.1) is 7.11 Å². The van der Waals surface area contributed by atoms with Crippen LogP contribution in [0.15, 0.2) is 36.7 Å². The van der Waals surface area contributed by atoms with Crippen molar-refractivity contribution < 1.29 is 4.74 Å². The van der Waals surface area contributed by atoms with Crippen LogP contribution in [0.25, 0.3) is 0 Å². The topological polar surface area (TPSA) is 50.3 Å². The lowest BCUT2D eigenvalue weighted by molar-refractivity contribution is 0.242. The number of hydrogen-bond acceptors (Lipinski definition) is 5. The first-order valence-electron chi connectivity index (χ1n) is 8.73. The number of aromatic nitrogens is 2. The molecule has 1 saturated heterocycles. The molecule has 5 nitrogen and oxygen atoms in total. The maximum absolute atomic E-state index is 5.55. The minimum Gasteiger partial charge on any atom is -0.496 e. The van der Waals surface area contributed by atoms with E-state index in [0.29, 0.717) is 12.0 Å². The van der Waals surface area contributed by atoms with Gasteiger partial charge in [-0.25, -0.2) is 9.97 Å². The first kappa shape index (κ1) is 16.7. The Kier molecular flexibility index (Phi) is 5.64. The zero-order chi connectivity index (χ0) is 16.8. The summed E-state index contributed by atoms with van der Waals surface area (Å²) in [6.07, 6.45) is 7.31. The lowest BCUT2D eigenvalue weighted by Gasteiger charge is -2.26. The molecule has 1 N–H and O–H groups in total. The second-order valence-corrected chi connectivity index (χ2v) is 6.21. The molecule has 0 saturated carbocycles. The third-order valence-electron chi connectivity index (χ3n) is 4.49. The quantitative estimate of drug-likeness (QED) is 0.842. The molecular weight excluding hydrogens is 300 g/mol. The summed E-state index contributed by atoms with van der Waals surface area (Å²) in [6.45, 7) is 5.00. The summed E-state index contributed by atoms with van der Waals surface area (Å²) in [5.41, 5.74) is 2.43. The first-order valence-corrected chi connectivity index (χ1v) is 8.73. The summed E-state index contributed by atoms with van der Waals surface area (Å²) in [5, 5.41) is 3.21. The maximum atomic E-state index is 5.55. The van der Waals surface area contributed by atoms with E-state index in [4.69, 9.17) is 4.74 Å². The highest BCUT2D eigenvalue weighted by Gasteiger charge is 2.28. The molecule has 0 amide bonds. The molecule has 1 atom stereocenters. The fourth-order valence-corrected chi connectivity index (χ4v) is 3.31. The SMILES string of the molecule is CCCNc1ncc(CN2CCC[C@@H]2c2ccccc2OC)cn1. The van der Waals surface area contributed by atoms with Crippen LogP contribution >= 0.6 is 0 Å². The van der Waals surface area contributed by atoms with Crippen molar-refractivity contribution in [3.05, 3.63) is 47.8 Å². The summed E-state index contributed by atoms with van der Waals surface area (Å²) < 4.78 is 5.55. The van der Waals surface area contributed by atoms with Crippen molar-refractivity contribution in [3.8, 4) is 5.75 Å². The summed E-state index contributed by atoms with van der Waals surface area (Å²) >= 11 is 0. The van der Waals surface area contributed by atoms with Crippen LogP contribution in [0.3, 0.4) is 0 Å². The molecule has 24 heavy (non-hydrogen) atoms. The van der Waals surface area contributed by atoms with Gasteiger partial charge in [0.25, 0.3) is 0 Å². The number of methoxy groups -OCH3 is 1. The van der Waals surface area contributed by atoms with E-state index in [1.54, 1.807) is 7.11 Å². The monoisotopic (exact) mass is 326 g/mol. The molecular formula is C19H26N4O. The number of rotatable bonds is 7. The van der Waals surface area contributed by atoms with E-state index in [1.165, 1.54) is 12.0 Å². The van der Waals surface area contributed by atoms with Gasteiger partial charge in [-0.15, -0.1) is 0 Å². The molecule has 1 aromatic heterocycles. The Morgan fingerprint density at radius 3 is 2.79 bits per heavy atom. The van der Waals surface area contributed by atoms with E-state index >= 15 is 0 Å². The Bertz CT molecular complexity index is 644. The predicted octanol–water partition coefficient (Wildman–Crippen LogP) is 3.64. The summed E-state index contributed by atoms with van der Waals surface area (Å²) in [5.74, 6) is 1.69. The van der Waals surface area contributed by atoms with Gasteiger partial charge in [0, 0.05) is 42.7 Å². The standard InChI is InChI=1S/C19H26N4O/c1-3-10-20-19-21-12-15(13-22-19)14-23-11-6-8-17(23)16-7-4-5-9-18(16)24-2/h4-5,7,9,12-13,17H,3,6,8,10-11,14H2,1-2H3,(H,20,21,22)/t17-/m1/s1. The third-order valence-corrected chi connectivity index (χ3v) is 4.49. The Morgan fingerprint density at radius 2 is 2.04 bits per heavy atom. The molecule has 1 aromatic carbocycles. The molecule has 0 radical (unpaired) electrons. The molecule has 1 aliphatic heterocycles. The second-order valence-electron chi connectivity index (χ2n) is 6.21. The Morgan fingerprint density at radius 1 is 1.25 bits per heavy atom. The van der Waals surface area contributed by atoms with Crippen molar-refractivity contribution in [1.29, 1.82) is 0 Å². The number of benzene rings is 1. The van der Waals surface area contributed by atoms with E-state index < -0.39 is 0 Å². The van der Waals surface area contributed by atoms with Gasteiger partial charge in [0.1, 0.15) is 5.75 Å². The van der Waals surface area contributed by atoms with Crippen molar-refractivity contribution in [1.82, 2.24) is 14.9 Å². The van der Waals surface area contributed by atoms with Crippen molar-refractivity contribution in [3.63, 3.8) is 0 Å².